The number of nitrogens with one attached hydrogen (secondary N) is 2. The van der Waals surface area contributed by atoms with Gasteiger partial charge < -0.3 is 10.6 Å². The van der Waals surface area contributed by atoms with Crippen LogP contribution in [0, 0.1) is 5.41 Å². The molecule has 0 saturated carbocycles. The highest BCUT2D eigenvalue weighted by Crippen LogP contribution is 2.24. The molecular weight excluding hydrogens is 204 g/mol. The van der Waals surface area contributed by atoms with E-state index >= 15 is 0 Å². The third-order valence-corrected chi connectivity index (χ3v) is 3.10. The lowest BCUT2D eigenvalue weighted by Gasteiger charge is -2.21. The Kier molecular flexibility index (Phi) is 3.24. The van der Waals surface area contributed by atoms with Crippen molar-refractivity contribution >= 4 is 5.91 Å². The number of nitrogens with zero attached hydrogens (tertiary/aromatic N) is 2. The number of amides is 1. The van der Waals surface area contributed by atoms with Gasteiger partial charge in [-0.2, -0.15) is 5.10 Å². The average Bonchev–Trinajstić information content (AvgIpc) is 2.90. The molecule has 1 aliphatic rings. The third-order valence-electron chi connectivity index (χ3n) is 3.10. The Balaban J connectivity index is 1.75. The number of carbonyl (C=O) groups is 1. The van der Waals surface area contributed by atoms with Gasteiger partial charge >= 0.3 is 0 Å². The predicted octanol–water partition coefficient (Wildman–Crippen LogP) is -0.00110. The van der Waals surface area contributed by atoms with Crippen LogP contribution in [0.5, 0.6) is 0 Å². The van der Waals surface area contributed by atoms with Crippen molar-refractivity contribution in [1.29, 1.82) is 0 Å². The van der Waals surface area contributed by atoms with Crippen molar-refractivity contribution in [2.75, 3.05) is 19.6 Å². The lowest BCUT2D eigenvalue weighted by Crippen LogP contribution is -2.41. The van der Waals surface area contributed by atoms with Gasteiger partial charge in [-0.3, -0.25) is 9.48 Å². The molecule has 0 bridgehead atoms. The Bertz CT molecular complexity index is 341. The topological polar surface area (TPSA) is 59.0 Å². The number of hydrogen-bond donors (Lipinski definition) is 2. The number of aromatic nitrogens is 2. The van der Waals surface area contributed by atoms with E-state index in [-0.39, 0.29) is 11.3 Å². The summed E-state index contributed by atoms with van der Waals surface area (Å²) < 4.78 is 1.81. The van der Waals surface area contributed by atoms with E-state index in [0.29, 0.717) is 6.54 Å². The van der Waals surface area contributed by atoms with E-state index in [2.05, 4.69) is 15.7 Å². The second-order valence-electron chi connectivity index (χ2n) is 4.51. The molecule has 88 valence electrons. The zero-order chi connectivity index (χ0) is 11.4. The molecule has 1 aliphatic heterocycles. The SMILES string of the molecule is CC1(C(=O)NCCn2cccn2)CCNC1. The van der Waals surface area contributed by atoms with Crippen LogP contribution in [0.4, 0.5) is 0 Å². The van der Waals surface area contributed by atoms with Crippen molar-refractivity contribution in [2.45, 2.75) is 19.9 Å². The van der Waals surface area contributed by atoms with Crippen LogP contribution in [0.25, 0.3) is 0 Å². The first-order chi connectivity index (χ1) is 7.71. The van der Waals surface area contributed by atoms with Gasteiger partial charge in [0.25, 0.3) is 0 Å². The molecule has 2 N–H and O–H groups in total. The minimum absolute atomic E-state index is 0.143. The monoisotopic (exact) mass is 222 g/mol. The van der Waals surface area contributed by atoms with Crippen LogP contribution in [0.3, 0.4) is 0 Å². The lowest BCUT2D eigenvalue weighted by molar-refractivity contribution is -0.129. The van der Waals surface area contributed by atoms with E-state index < -0.39 is 0 Å². The minimum atomic E-state index is -0.232. The van der Waals surface area contributed by atoms with E-state index in [0.717, 1.165) is 26.1 Å². The second-order valence-corrected chi connectivity index (χ2v) is 4.51. The Morgan fingerprint density at radius 3 is 3.19 bits per heavy atom. The average molecular weight is 222 g/mol. The summed E-state index contributed by atoms with van der Waals surface area (Å²) in [4.78, 5) is 11.9. The summed E-state index contributed by atoms with van der Waals surface area (Å²) >= 11 is 0. The van der Waals surface area contributed by atoms with Crippen molar-refractivity contribution in [3.63, 3.8) is 0 Å². The maximum atomic E-state index is 11.9. The Labute approximate surface area is 95.2 Å². The van der Waals surface area contributed by atoms with E-state index in [1.807, 2.05) is 23.9 Å². The summed E-state index contributed by atoms with van der Waals surface area (Å²) in [5.41, 5.74) is -0.232. The van der Waals surface area contributed by atoms with Crippen LogP contribution >= 0.6 is 0 Å². The summed E-state index contributed by atoms with van der Waals surface area (Å²) in [6.45, 7) is 5.08. The highest BCUT2D eigenvalue weighted by Gasteiger charge is 2.35. The molecule has 1 amide bonds. The van der Waals surface area contributed by atoms with Crippen LogP contribution in [-0.4, -0.2) is 35.3 Å². The zero-order valence-corrected chi connectivity index (χ0v) is 9.57. The molecule has 0 radical (unpaired) electrons. The third kappa shape index (κ3) is 2.41. The summed E-state index contributed by atoms with van der Waals surface area (Å²) in [5, 5.41) is 10.3. The van der Waals surface area contributed by atoms with Gasteiger partial charge in [0.1, 0.15) is 0 Å². The van der Waals surface area contributed by atoms with Crippen molar-refractivity contribution in [2.24, 2.45) is 5.41 Å². The van der Waals surface area contributed by atoms with Crippen molar-refractivity contribution in [3.05, 3.63) is 18.5 Å². The maximum absolute atomic E-state index is 11.9. The fourth-order valence-electron chi connectivity index (χ4n) is 1.94. The van der Waals surface area contributed by atoms with Crippen molar-refractivity contribution in [1.82, 2.24) is 20.4 Å². The lowest BCUT2D eigenvalue weighted by atomic mass is 9.89. The molecule has 1 fully saturated rings. The minimum Gasteiger partial charge on any atom is -0.354 e. The van der Waals surface area contributed by atoms with E-state index in [9.17, 15) is 4.79 Å². The Morgan fingerprint density at radius 2 is 2.56 bits per heavy atom. The van der Waals surface area contributed by atoms with Crippen LogP contribution in [0.15, 0.2) is 18.5 Å². The predicted molar refractivity (Wildman–Crippen MR) is 60.8 cm³/mol. The van der Waals surface area contributed by atoms with E-state index in [1.165, 1.54) is 0 Å². The highest BCUT2D eigenvalue weighted by molar-refractivity contribution is 5.82. The molecule has 1 aromatic heterocycles. The quantitative estimate of drug-likeness (QED) is 0.754. The van der Waals surface area contributed by atoms with Crippen molar-refractivity contribution < 1.29 is 4.79 Å². The number of carbonyl (C=O) groups excluding carboxylic acids is 1. The summed E-state index contributed by atoms with van der Waals surface area (Å²) in [6.07, 6.45) is 4.55. The first kappa shape index (κ1) is 11.1. The molecule has 0 aliphatic carbocycles. The molecule has 2 heterocycles. The first-order valence-electron chi connectivity index (χ1n) is 5.67. The second kappa shape index (κ2) is 4.65. The van der Waals surface area contributed by atoms with Gasteiger partial charge in [-0.15, -0.1) is 0 Å². The number of rotatable bonds is 4. The number of hydrogen-bond acceptors (Lipinski definition) is 3. The van der Waals surface area contributed by atoms with Gasteiger partial charge in [-0.1, -0.05) is 0 Å². The molecule has 1 saturated heterocycles. The highest BCUT2D eigenvalue weighted by atomic mass is 16.2. The van der Waals surface area contributed by atoms with Crippen LogP contribution in [0.2, 0.25) is 0 Å². The van der Waals surface area contributed by atoms with Crippen LogP contribution < -0.4 is 10.6 Å². The zero-order valence-electron chi connectivity index (χ0n) is 9.57. The van der Waals surface area contributed by atoms with E-state index in [4.69, 9.17) is 0 Å². The van der Waals surface area contributed by atoms with Crippen molar-refractivity contribution in [3.8, 4) is 0 Å². The summed E-state index contributed by atoms with van der Waals surface area (Å²) in [6, 6.07) is 1.88. The van der Waals surface area contributed by atoms with E-state index in [1.54, 1.807) is 6.20 Å². The van der Waals surface area contributed by atoms with Gasteiger partial charge in [0, 0.05) is 25.5 Å². The normalized spacial score (nSPS) is 24.6. The fourth-order valence-corrected chi connectivity index (χ4v) is 1.94. The molecule has 0 aromatic carbocycles. The van der Waals surface area contributed by atoms with Gasteiger partial charge in [0.15, 0.2) is 0 Å². The Morgan fingerprint density at radius 1 is 1.69 bits per heavy atom. The van der Waals surface area contributed by atoms with Gasteiger partial charge in [-0.25, -0.2) is 0 Å². The largest absolute Gasteiger partial charge is 0.354 e. The van der Waals surface area contributed by atoms with Gasteiger partial charge in [-0.05, 0) is 26.0 Å². The van der Waals surface area contributed by atoms with Crippen LogP contribution in [0.1, 0.15) is 13.3 Å². The summed E-state index contributed by atoms with van der Waals surface area (Å²) in [5.74, 6) is 0.143. The standard InChI is InChI=1S/C11H18N4O/c1-11(3-5-12-9-11)10(16)13-6-8-15-7-2-4-14-15/h2,4,7,12H,3,5-6,8-9H2,1H3,(H,13,16). The molecule has 0 spiro atoms. The molecule has 1 aromatic rings. The van der Waals surface area contributed by atoms with Crippen LogP contribution in [-0.2, 0) is 11.3 Å². The smallest absolute Gasteiger partial charge is 0.227 e. The molecule has 2 rings (SSSR count). The fraction of sp³-hybridized carbons (Fsp3) is 0.636. The molecule has 1 atom stereocenters. The summed E-state index contributed by atoms with van der Waals surface area (Å²) in [7, 11) is 0. The molecule has 5 heteroatoms. The maximum Gasteiger partial charge on any atom is 0.227 e. The first-order valence-corrected chi connectivity index (χ1v) is 5.67. The molecule has 16 heavy (non-hydrogen) atoms. The Hall–Kier alpha value is -1.36. The van der Waals surface area contributed by atoms with Gasteiger partial charge in [0.2, 0.25) is 5.91 Å². The van der Waals surface area contributed by atoms with Gasteiger partial charge in [0.05, 0.1) is 12.0 Å². The molecular formula is C11H18N4O. The molecule has 1 unspecified atom stereocenters. The molecule has 5 nitrogen and oxygen atoms in total.